The number of hydrogen-bond donors (Lipinski definition) is 0. The first-order chi connectivity index (χ1) is 18.0. The Morgan fingerprint density at radius 2 is 1.92 bits per heavy atom. The molecule has 0 amide bonds. The number of hydrogen-bond acceptors (Lipinski definition) is 5. The SMILES string of the molecule is [C-]#[N+]c1cc2c(Oc3ccc(CC(=O)CC4CC4)c(Cl)c3)ccnc2cc1OCCC1CCN(C)CC1. The van der Waals surface area contributed by atoms with Crippen LogP contribution in [0.3, 0.4) is 0 Å². The highest BCUT2D eigenvalue weighted by Gasteiger charge is 2.24. The Hall–Kier alpha value is -3.14. The van der Waals surface area contributed by atoms with Crippen molar-refractivity contribution in [2.24, 2.45) is 11.8 Å². The molecule has 5 rings (SSSR count). The Bertz CT molecular complexity index is 1320. The lowest BCUT2D eigenvalue weighted by Crippen LogP contribution is -2.30. The fourth-order valence-electron chi connectivity index (χ4n) is 4.91. The standard InChI is InChI=1S/C30H32ClN3O3/c1-32-28-18-25-27(19-30(28)36-14-10-20-8-12-34(2)13-9-20)33-11-7-29(25)37-24-6-5-22(26(31)17-24)16-23(35)15-21-3-4-21/h5-7,11,17-21H,3-4,8-10,12-16H2,2H3. The molecule has 3 aromatic rings. The Morgan fingerprint density at radius 3 is 2.65 bits per heavy atom. The third kappa shape index (κ3) is 6.60. The van der Waals surface area contributed by atoms with Crippen LogP contribution < -0.4 is 9.47 Å². The van der Waals surface area contributed by atoms with Crippen molar-refractivity contribution in [3.05, 3.63) is 64.6 Å². The molecule has 37 heavy (non-hydrogen) atoms. The summed E-state index contributed by atoms with van der Waals surface area (Å²) in [7, 11) is 2.16. The van der Waals surface area contributed by atoms with Crippen LogP contribution in [0.2, 0.25) is 5.02 Å². The zero-order chi connectivity index (χ0) is 25.8. The van der Waals surface area contributed by atoms with Gasteiger partial charge < -0.3 is 14.4 Å². The molecule has 1 aliphatic carbocycles. The van der Waals surface area contributed by atoms with Crippen molar-refractivity contribution >= 4 is 34.0 Å². The quantitative estimate of drug-likeness (QED) is 0.265. The zero-order valence-electron chi connectivity index (χ0n) is 21.2. The van der Waals surface area contributed by atoms with Gasteiger partial charge in [-0.3, -0.25) is 9.78 Å². The Balaban J connectivity index is 1.28. The summed E-state index contributed by atoms with van der Waals surface area (Å²) in [6.07, 6.45) is 8.37. The van der Waals surface area contributed by atoms with Crippen LogP contribution >= 0.6 is 11.6 Å². The summed E-state index contributed by atoms with van der Waals surface area (Å²) in [5, 5.41) is 1.25. The van der Waals surface area contributed by atoms with Gasteiger partial charge in [-0.25, -0.2) is 4.85 Å². The maximum absolute atomic E-state index is 12.3. The number of nitrogens with zero attached hydrogens (tertiary/aromatic N) is 3. The smallest absolute Gasteiger partial charge is 0.229 e. The Labute approximate surface area is 223 Å². The summed E-state index contributed by atoms with van der Waals surface area (Å²) in [4.78, 5) is 22.8. The molecular formula is C30H32ClN3O3. The molecule has 0 atom stereocenters. The van der Waals surface area contributed by atoms with E-state index in [2.05, 4.69) is 21.8 Å². The van der Waals surface area contributed by atoms with Crippen molar-refractivity contribution in [2.75, 3.05) is 26.7 Å². The molecule has 0 spiro atoms. The zero-order valence-corrected chi connectivity index (χ0v) is 22.0. The van der Waals surface area contributed by atoms with Gasteiger partial charge >= 0.3 is 0 Å². The summed E-state index contributed by atoms with van der Waals surface area (Å²) in [5.41, 5.74) is 1.96. The average molecular weight is 518 g/mol. The van der Waals surface area contributed by atoms with Crippen LogP contribution in [0.5, 0.6) is 17.2 Å². The molecule has 0 radical (unpaired) electrons. The third-order valence-corrected chi connectivity index (χ3v) is 7.73. The van der Waals surface area contributed by atoms with Gasteiger partial charge in [0.05, 0.1) is 18.7 Å². The van der Waals surface area contributed by atoms with Gasteiger partial charge in [-0.15, -0.1) is 0 Å². The number of carbonyl (C=O) groups excluding carboxylic acids is 1. The van der Waals surface area contributed by atoms with Crippen LogP contribution in [-0.2, 0) is 11.2 Å². The van der Waals surface area contributed by atoms with Gasteiger partial charge in [0.15, 0.2) is 0 Å². The van der Waals surface area contributed by atoms with Crippen LogP contribution in [0.1, 0.15) is 44.1 Å². The minimum absolute atomic E-state index is 0.231. The predicted molar refractivity (Wildman–Crippen MR) is 146 cm³/mol. The number of fused-ring (bicyclic) bond motifs is 1. The van der Waals surface area contributed by atoms with Crippen LogP contribution in [0.15, 0.2) is 42.6 Å². The molecule has 1 saturated heterocycles. The van der Waals surface area contributed by atoms with Gasteiger partial charge in [0.2, 0.25) is 5.69 Å². The van der Waals surface area contributed by atoms with E-state index in [9.17, 15) is 4.79 Å². The lowest BCUT2D eigenvalue weighted by molar-refractivity contribution is -0.118. The topological polar surface area (TPSA) is 56.0 Å². The minimum Gasteiger partial charge on any atom is -0.505 e. The van der Waals surface area contributed by atoms with Gasteiger partial charge in [-0.2, -0.15) is 0 Å². The van der Waals surface area contributed by atoms with Crippen molar-refractivity contribution < 1.29 is 14.3 Å². The highest BCUT2D eigenvalue weighted by atomic mass is 35.5. The van der Waals surface area contributed by atoms with Crippen molar-refractivity contribution in [1.82, 2.24) is 9.88 Å². The van der Waals surface area contributed by atoms with Crippen LogP contribution in [-0.4, -0.2) is 42.4 Å². The van der Waals surface area contributed by atoms with Crippen LogP contribution in [0.25, 0.3) is 15.7 Å². The molecule has 192 valence electrons. The number of ether oxygens (including phenoxy) is 2. The average Bonchev–Trinajstić information content (AvgIpc) is 3.70. The number of Topliss-reactive ketones (excluding diaryl/α,β-unsaturated/α-hetero) is 1. The molecule has 0 bridgehead atoms. The number of aromatic nitrogens is 1. The van der Waals surface area contributed by atoms with Gasteiger partial charge in [-0.1, -0.05) is 17.7 Å². The fraction of sp³-hybridized carbons (Fsp3) is 0.433. The normalized spacial score (nSPS) is 16.5. The van der Waals surface area contributed by atoms with Crippen molar-refractivity contribution in [3.63, 3.8) is 0 Å². The summed E-state index contributed by atoms with van der Waals surface area (Å²) in [6.45, 7) is 10.5. The first kappa shape index (κ1) is 25.5. The van der Waals surface area contributed by atoms with Crippen molar-refractivity contribution in [2.45, 2.75) is 44.9 Å². The summed E-state index contributed by atoms with van der Waals surface area (Å²) in [5.74, 6) is 3.18. The van der Waals surface area contributed by atoms with E-state index in [1.54, 1.807) is 24.4 Å². The van der Waals surface area contributed by atoms with Gasteiger partial charge in [0.25, 0.3) is 0 Å². The van der Waals surface area contributed by atoms with Crippen molar-refractivity contribution in [3.8, 4) is 17.2 Å². The Kier molecular flexibility index (Phi) is 7.93. The van der Waals surface area contributed by atoms with E-state index in [4.69, 9.17) is 27.6 Å². The van der Waals surface area contributed by atoms with Crippen LogP contribution in [0.4, 0.5) is 5.69 Å². The number of likely N-dealkylation sites (tertiary alicyclic amines) is 1. The highest BCUT2D eigenvalue weighted by Crippen LogP contribution is 2.38. The number of carbonyl (C=O) groups is 1. The molecule has 1 aliphatic heterocycles. The molecule has 2 fully saturated rings. The van der Waals surface area contributed by atoms with E-state index >= 15 is 0 Å². The summed E-state index contributed by atoms with van der Waals surface area (Å²) >= 11 is 6.49. The van der Waals surface area contributed by atoms with Gasteiger partial charge in [0, 0.05) is 29.4 Å². The number of rotatable bonds is 10. The molecule has 1 saturated carbocycles. The second kappa shape index (κ2) is 11.5. The minimum atomic E-state index is 0.231. The number of piperidine rings is 1. The monoisotopic (exact) mass is 517 g/mol. The summed E-state index contributed by atoms with van der Waals surface area (Å²) < 4.78 is 12.2. The first-order valence-electron chi connectivity index (χ1n) is 13.1. The second-order valence-electron chi connectivity index (χ2n) is 10.4. The highest BCUT2D eigenvalue weighted by molar-refractivity contribution is 6.31. The van der Waals surface area contributed by atoms with Gasteiger partial charge in [-0.05, 0) is 100.0 Å². The molecule has 7 heteroatoms. The lowest BCUT2D eigenvalue weighted by atomic mass is 9.94. The molecule has 2 aromatic carbocycles. The van der Waals surface area contributed by atoms with Gasteiger partial charge in [0.1, 0.15) is 23.0 Å². The maximum Gasteiger partial charge on any atom is 0.229 e. The second-order valence-corrected chi connectivity index (χ2v) is 10.8. The van der Waals surface area contributed by atoms with E-state index in [1.165, 1.54) is 12.8 Å². The first-order valence-corrected chi connectivity index (χ1v) is 13.5. The largest absolute Gasteiger partial charge is 0.505 e. The van der Waals surface area contributed by atoms with E-state index in [-0.39, 0.29) is 5.78 Å². The number of halogens is 1. The van der Waals surface area contributed by atoms with Crippen molar-refractivity contribution in [1.29, 1.82) is 0 Å². The maximum atomic E-state index is 12.3. The number of ketones is 1. The Morgan fingerprint density at radius 1 is 1.11 bits per heavy atom. The van der Waals surface area contributed by atoms with E-state index < -0.39 is 0 Å². The van der Waals surface area contributed by atoms with E-state index in [0.29, 0.717) is 64.8 Å². The molecule has 2 aliphatic rings. The molecule has 2 heterocycles. The summed E-state index contributed by atoms with van der Waals surface area (Å²) in [6, 6.07) is 10.8. The lowest BCUT2D eigenvalue weighted by Gasteiger charge is -2.28. The fourth-order valence-corrected chi connectivity index (χ4v) is 5.14. The molecule has 6 nitrogen and oxygen atoms in total. The molecule has 0 unspecified atom stereocenters. The number of benzene rings is 2. The third-order valence-electron chi connectivity index (χ3n) is 7.38. The molecule has 1 aromatic heterocycles. The van der Waals surface area contributed by atoms with Crippen LogP contribution in [0, 0.1) is 18.4 Å². The van der Waals surface area contributed by atoms with E-state index in [0.717, 1.165) is 43.3 Å². The van der Waals surface area contributed by atoms with E-state index in [1.807, 2.05) is 18.2 Å². The number of pyridine rings is 1. The molecule has 0 N–H and O–H groups in total. The predicted octanol–water partition coefficient (Wildman–Crippen LogP) is 7.25. The molecular weight excluding hydrogens is 486 g/mol.